The molecule has 4 aromatic rings. The van der Waals surface area contributed by atoms with Crippen molar-refractivity contribution in [3.63, 3.8) is 0 Å². The SMILES string of the molecule is CCC(F)(F)c1cc(-c2ccc(C(=O)N3CCCC3CNCc3ccccc3)cc2)n(-c2ccccc2Cl)n1. The molecule has 3 aromatic carbocycles. The molecule has 1 fully saturated rings. The zero-order valence-electron chi connectivity index (χ0n) is 21.8. The first-order valence-electron chi connectivity index (χ1n) is 13.3. The summed E-state index contributed by atoms with van der Waals surface area (Å²) in [7, 11) is 0. The highest BCUT2D eigenvalue weighted by molar-refractivity contribution is 6.32. The largest absolute Gasteiger partial charge is 0.334 e. The first kappa shape index (κ1) is 27.0. The molecule has 1 aliphatic heterocycles. The fourth-order valence-corrected chi connectivity index (χ4v) is 5.21. The summed E-state index contributed by atoms with van der Waals surface area (Å²) in [5.41, 5.74) is 3.11. The maximum absolute atomic E-state index is 14.6. The van der Waals surface area contributed by atoms with Crippen LogP contribution in [0.5, 0.6) is 0 Å². The van der Waals surface area contributed by atoms with Gasteiger partial charge in [-0.05, 0) is 48.7 Å². The van der Waals surface area contributed by atoms with Gasteiger partial charge in [0.2, 0.25) is 0 Å². The molecule has 0 aliphatic carbocycles. The molecule has 1 saturated heterocycles. The number of carbonyl (C=O) groups is 1. The summed E-state index contributed by atoms with van der Waals surface area (Å²) < 4.78 is 30.7. The second-order valence-corrected chi connectivity index (χ2v) is 10.2. The lowest BCUT2D eigenvalue weighted by Gasteiger charge is -2.25. The third kappa shape index (κ3) is 5.89. The molecule has 1 atom stereocenters. The third-order valence-electron chi connectivity index (χ3n) is 7.23. The summed E-state index contributed by atoms with van der Waals surface area (Å²) in [5.74, 6) is -3.10. The highest BCUT2D eigenvalue weighted by atomic mass is 35.5. The van der Waals surface area contributed by atoms with Crippen LogP contribution in [0.2, 0.25) is 5.02 Å². The smallest absolute Gasteiger partial charge is 0.291 e. The van der Waals surface area contributed by atoms with Gasteiger partial charge < -0.3 is 10.2 Å². The van der Waals surface area contributed by atoms with Gasteiger partial charge in [0.15, 0.2) is 0 Å². The van der Waals surface area contributed by atoms with E-state index in [0.717, 1.165) is 25.9 Å². The molecule has 202 valence electrons. The summed E-state index contributed by atoms with van der Waals surface area (Å²) >= 11 is 6.40. The van der Waals surface area contributed by atoms with Gasteiger partial charge in [-0.15, -0.1) is 0 Å². The van der Waals surface area contributed by atoms with Crippen molar-refractivity contribution in [2.45, 2.75) is 44.7 Å². The predicted octanol–water partition coefficient (Wildman–Crippen LogP) is 7.09. The Labute approximate surface area is 232 Å². The van der Waals surface area contributed by atoms with Crippen LogP contribution in [-0.2, 0) is 12.5 Å². The molecule has 1 aromatic heterocycles. The summed E-state index contributed by atoms with van der Waals surface area (Å²) in [4.78, 5) is 15.3. The van der Waals surface area contributed by atoms with E-state index < -0.39 is 5.92 Å². The zero-order chi connectivity index (χ0) is 27.4. The number of carbonyl (C=O) groups excluding carboxylic acids is 1. The molecule has 1 aliphatic rings. The molecule has 1 N–H and O–H groups in total. The molecule has 0 spiro atoms. The minimum atomic E-state index is -3.07. The number of amides is 1. The Morgan fingerprint density at radius 1 is 1.05 bits per heavy atom. The van der Waals surface area contributed by atoms with Crippen molar-refractivity contribution in [2.75, 3.05) is 13.1 Å². The Bertz CT molecular complexity index is 1420. The Kier molecular flexibility index (Phi) is 8.10. The van der Waals surface area contributed by atoms with E-state index in [0.29, 0.717) is 34.1 Å². The molecule has 0 bridgehead atoms. The van der Waals surface area contributed by atoms with Crippen LogP contribution in [0.25, 0.3) is 16.9 Å². The number of hydrogen-bond acceptors (Lipinski definition) is 3. The fourth-order valence-electron chi connectivity index (χ4n) is 5.00. The highest BCUT2D eigenvalue weighted by Gasteiger charge is 2.34. The molecule has 8 heteroatoms. The van der Waals surface area contributed by atoms with Crippen LogP contribution < -0.4 is 5.32 Å². The van der Waals surface area contributed by atoms with Crippen molar-refractivity contribution < 1.29 is 13.6 Å². The van der Waals surface area contributed by atoms with Gasteiger partial charge in [0.1, 0.15) is 5.69 Å². The Morgan fingerprint density at radius 3 is 2.49 bits per heavy atom. The monoisotopic (exact) mass is 548 g/mol. The number of aromatic nitrogens is 2. The van der Waals surface area contributed by atoms with Crippen LogP contribution in [0.1, 0.15) is 47.8 Å². The number of para-hydroxylation sites is 1. The summed E-state index contributed by atoms with van der Waals surface area (Å²) in [5, 5.41) is 8.13. The number of alkyl halides is 2. The number of nitrogens with one attached hydrogen (secondary N) is 1. The molecule has 1 unspecified atom stereocenters. The van der Waals surface area contributed by atoms with E-state index in [9.17, 15) is 13.6 Å². The first-order valence-corrected chi connectivity index (χ1v) is 13.6. The van der Waals surface area contributed by atoms with Crippen LogP contribution in [0.3, 0.4) is 0 Å². The lowest BCUT2D eigenvalue weighted by atomic mass is 10.1. The van der Waals surface area contributed by atoms with E-state index >= 15 is 0 Å². The average Bonchev–Trinajstić information content (AvgIpc) is 3.62. The van der Waals surface area contributed by atoms with Crippen LogP contribution in [0.4, 0.5) is 8.78 Å². The predicted molar refractivity (Wildman–Crippen MR) is 150 cm³/mol. The number of hydrogen-bond donors (Lipinski definition) is 1. The molecule has 5 nitrogen and oxygen atoms in total. The third-order valence-corrected chi connectivity index (χ3v) is 7.55. The molecule has 1 amide bonds. The van der Waals surface area contributed by atoms with Crippen LogP contribution in [0, 0.1) is 0 Å². The Balaban J connectivity index is 1.35. The van der Waals surface area contributed by atoms with Gasteiger partial charge in [0.25, 0.3) is 11.8 Å². The van der Waals surface area contributed by atoms with Crippen LogP contribution >= 0.6 is 11.6 Å². The fraction of sp³-hybridized carbons (Fsp3) is 0.290. The molecule has 0 radical (unpaired) electrons. The van der Waals surface area contributed by atoms with Crippen molar-refractivity contribution in [3.8, 4) is 16.9 Å². The van der Waals surface area contributed by atoms with Gasteiger partial charge in [0.05, 0.1) is 16.4 Å². The minimum absolute atomic E-state index is 0.0247. The molecule has 39 heavy (non-hydrogen) atoms. The van der Waals surface area contributed by atoms with Crippen molar-refractivity contribution in [3.05, 3.63) is 107 Å². The second kappa shape index (κ2) is 11.7. The quantitative estimate of drug-likeness (QED) is 0.243. The van der Waals surface area contributed by atoms with Gasteiger partial charge >= 0.3 is 0 Å². The lowest BCUT2D eigenvalue weighted by molar-refractivity contribution is -0.0131. The van der Waals surface area contributed by atoms with E-state index in [1.165, 1.54) is 23.2 Å². The Hall–Kier alpha value is -3.55. The summed E-state index contributed by atoms with van der Waals surface area (Å²) in [6.45, 7) is 3.63. The van der Waals surface area contributed by atoms with Gasteiger partial charge in [-0.3, -0.25) is 4.79 Å². The average molecular weight is 549 g/mol. The minimum Gasteiger partial charge on any atom is -0.334 e. The van der Waals surface area contributed by atoms with Crippen molar-refractivity contribution in [1.82, 2.24) is 20.0 Å². The standard InChI is InChI=1S/C31H31ClF2N4O/c1-2-31(33,34)29-19-28(38(36-29)27-13-7-6-12-26(27)32)23-14-16-24(17-15-23)30(39)37-18-8-11-25(37)21-35-20-22-9-4-3-5-10-22/h3-7,9-10,12-17,19,25,35H,2,8,11,18,20-21H2,1H3. The number of benzene rings is 3. The summed E-state index contributed by atoms with van der Waals surface area (Å²) in [6.07, 6.45) is 1.56. The molecule has 2 heterocycles. The maximum Gasteiger partial charge on any atom is 0.291 e. The highest BCUT2D eigenvalue weighted by Crippen LogP contribution is 2.36. The molecular weight excluding hydrogens is 518 g/mol. The first-order chi connectivity index (χ1) is 18.9. The van der Waals surface area contributed by atoms with Gasteiger partial charge in [-0.25, -0.2) is 4.68 Å². The van der Waals surface area contributed by atoms with Gasteiger partial charge in [0, 0.05) is 43.2 Å². The molecule has 0 saturated carbocycles. The van der Waals surface area contributed by atoms with E-state index in [1.54, 1.807) is 48.5 Å². The van der Waals surface area contributed by atoms with Crippen LogP contribution in [-0.4, -0.2) is 39.7 Å². The van der Waals surface area contributed by atoms with Gasteiger partial charge in [-0.2, -0.15) is 13.9 Å². The summed E-state index contributed by atoms with van der Waals surface area (Å²) in [6, 6.07) is 25.8. The van der Waals surface area contributed by atoms with Crippen LogP contribution in [0.15, 0.2) is 84.9 Å². The van der Waals surface area contributed by atoms with Gasteiger partial charge in [-0.1, -0.05) is 73.1 Å². The number of nitrogens with zero attached hydrogens (tertiary/aromatic N) is 3. The van der Waals surface area contributed by atoms with Crippen molar-refractivity contribution in [1.29, 1.82) is 0 Å². The maximum atomic E-state index is 14.6. The Morgan fingerprint density at radius 2 is 1.77 bits per heavy atom. The van der Waals surface area contributed by atoms with E-state index in [4.69, 9.17) is 11.6 Å². The number of rotatable bonds is 9. The van der Waals surface area contributed by atoms with E-state index in [2.05, 4.69) is 22.5 Å². The number of likely N-dealkylation sites (tertiary alicyclic amines) is 1. The lowest BCUT2D eigenvalue weighted by Crippen LogP contribution is -2.41. The topological polar surface area (TPSA) is 50.2 Å². The van der Waals surface area contributed by atoms with Crippen molar-refractivity contribution >= 4 is 17.5 Å². The molecular formula is C31H31ClF2N4O. The molecule has 5 rings (SSSR count). The normalized spacial score (nSPS) is 15.6. The second-order valence-electron chi connectivity index (χ2n) is 9.82. The zero-order valence-corrected chi connectivity index (χ0v) is 22.5. The van der Waals surface area contributed by atoms with E-state index in [1.807, 2.05) is 23.1 Å². The number of halogens is 3. The van der Waals surface area contributed by atoms with E-state index in [-0.39, 0.29) is 24.1 Å². The van der Waals surface area contributed by atoms with Crippen molar-refractivity contribution in [2.24, 2.45) is 0 Å².